The number of esters is 1. The number of hydrogen-bond donors (Lipinski definition) is 1. The van der Waals surface area contributed by atoms with Crippen molar-refractivity contribution in [3.8, 4) is 0 Å². The van der Waals surface area contributed by atoms with E-state index in [1.54, 1.807) is 0 Å². The minimum atomic E-state index is -0.236. The summed E-state index contributed by atoms with van der Waals surface area (Å²) in [6.07, 6.45) is 1.66. The molecular weight excluding hydrogens is 170 g/mol. The van der Waals surface area contributed by atoms with Gasteiger partial charge in [-0.15, -0.1) is 0 Å². The second kappa shape index (κ2) is 4.25. The topological polar surface area (TPSA) is 55.4 Å². The maximum Gasteiger partial charge on any atom is 0.305 e. The third-order valence-electron chi connectivity index (χ3n) is 2.46. The summed E-state index contributed by atoms with van der Waals surface area (Å²) < 4.78 is 4.56. The summed E-state index contributed by atoms with van der Waals surface area (Å²) in [6.45, 7) is 2.00. The predicted molar refractivity (Wildman–Crippen MR) is 47.0 cm³/mol. The van der Waals surface area contributed by atoms with E-state index in [2.05, 4.69) is 10.1 Å². The molecule has 2 atom stereocenters. The lowest BCUT2D eigenvalue weighted by atomic mass is 9.95. The van der Waals surface area contributed by atoms with Gasteiger partial charge in [-0.3, -0.25) is 9.59 Å². The van der Waals surface area contributed by atoms with Crippen molar-refractivity contribution >= 4 is 11.9 Å². The summed E-state index contributed by atoms with van der Waals surface area (Å²) in [5, 5.41) is 2.84. The Bertz CT molecular complexity index is 215. The van der Waals surface area contributed by atoms with Crippen LogP contribution in [0.4, 0.5) is 0 Å². The fraction of sp³-hybridized carbons (Fsp3) is 0.778. The maximum absolute atomic E-state index is 11.0. The molecule has 0 radical (unpaired) electrons. The van der Waals surface area contributed by atoms with E-state index >= 15 is 0 Å². The van der Waals surface area contributed by atoms with Crippen molar-refractivity contribution in [3.05, 3.63) is 0 Å². The Morgan fingerprint density at radius 2 is 2.38 bits per heavy atom. The Balaban J connectivity index is 2.48. The third kappa shape index (κ3) is 2.44. The van der Waals surface area contributed by atoms with Crippen LogP contribution in [0.25, 0.3) is 0 Å². The molecule has 1 heterocycles. The predicted octanol–water partition coefficient (Wildman–Crippen LogP) is 0.464. The summed E-state index contributed by atoms with van der Waals surface area (Å²) in [6, 6.07) is 0.145. The summed E-state index contributed by atoms with van der Waals surface area (Å²) in [7, 11) is 1.37. The van der Waals surface area contributed by atoms with Crippen LogP contribution in [-0.2, 0) is 14.3 Å². The Morgan fingerprint density at radius 3 is 2.92 bits per heavy atom. The molecule has 0 aromatic heterocycles. The molecule has 1 N–H and O–H groups in total. The highest BCUT2D eigenvalue weighted by atomic mass is 16.5. The van der Waals surface area contributed by atoms with Crippen LogP contribution in [0.15, 0.2) is 0 Å². The van der Waals surface area contributed by atoms with Gasteiger partial charge in [0.05, 0.1) is 13.5 Å². The lowest BCUT2D eigenvalue weighted by Crippen LogP contribution is -2.29. The van der Waals surface area contributed by atoms with Crippen molar-refractivity contribution in [2.45, 2.75) is 32.2 Å². The van der Waals surface area contributed by atoms with E-state index in [0.29, 0.717) is 12.8 Å². The Hall–Kier alpha value is -1.06. The molecule has 4 heteroatoms. The largest absolute Gasteiger partial charge is 0.469 e. The molecule has 1 amide bonds. The standard InChI is InChI=1S/C9H15NO3/c1-3-7-6(4-8(11)10-7)5-9(12)13-2/h6-7H,3-5H2,1-2H3,(H,10,11)/t6-,7+/m1/s1. The van der Waals surface area contributed by atoms with Crippen molar-refractivity contribution in [3.63, 3.8) is 0 Å². The van der Waals surface area contributed by atoms with Crippen LogP contribution < -0.4 is 5.32 Å². The monoisotopic (exact) mass is 185 g/mol. The summed E-state index contributed by atoms with van der Waals surface area (Å²) in [4.78, 5) is 22.0. The Morgan fingerprint density at radius 1 is 1.69 bits per heavy atom. The van der Waals surface area contributed by atoms with E-state index in [1.807, 2.05) is 6.92 Å². The fourth-order valence-electron chi connectivity index (χ4n) is 1.71. The molecule has 4 nitrogen and oxygen atoms in total. The van der Waals surface area contributed by atoms with E-state index in [9.17, 15) is 9.59 Å². The van der Waals surface area contributed by atoms with Gasteiger partial charge in [-0.1, -0.05) is 6.92 Å². The normalized spacial score (nSPS) is 27.1. The molecule has 1 fully saturated rings. The molecule has 0 aromatic rings. The first kappa shape index (κ1) is 10.0. The van der Waals surface area contributed by atoms with E-state index in [4.69, 9.17) is 0 Å². The van der Waals surface area contributed by atoms with Gasteiger partial charge < -0.3 is 10.1 Å². The zero-order valence-corrected chi connectivity index (χ0v) is 8.00. The van der Waals surface area contributed by atoms with E-state index in [1.165, 1.54) is 7.11 Å². The van der Waals surface area contributed by atoms with Crippen LogP contribution in [0.3, 0.4) is 0 Å². The van der Waals surface area contributed by atoms with Crippen molar-refractivity contribution in [1.29, 1.82) is 0 Å². The maximum atomic E-state index is 11.0. The smallest absolute Gasteiger partial charge is 0.305 e. The summed E-state index contributed by atoms with van der Waals surface area (Å²) in [5.41, 5.74) is 0. The Kier molecular flexibility index (Phi) is 3.28. The van der Waals surface area contributed by atoms with Gasteiger partial charge in [0.2, 0.25) is 5.91 Å². The number of ether oxygens (including phenoxy) is 1. The molecule has 0 aliphatic carbocycles. The summed E-state index contributed by atoms with van der Waals surface area (Å²) >= 11 is 0. The van der Waals surface area contributed by atoms with E-state index < -0.39 is 0 Å². The minimum absolute atomic E-state index is 0.0424. The van der Waals surface area contributed by atoms with Crippen LogP contribution in [-0.4, -0.2) is 25.0 Å². The molecular formula is C9H15NO3. The van der Waals surface area contributed by atoms with E-state index in [-0.39, 0.29) is 23.8 Å². The molecule has 0 aromatic carbocycles. The average molecular weight is 185 g/mol. The molecule has 0 bridgehead atoms. The molecule has 13 heavy (non-hydrogen) atoms. The first-order valence-corrected chi connectivity index (χ1v) is 4.53. The molecule has 1 aliphatic heterocycles. The molecule has 1 rings (SSSR count). The lowest BCUT2D eigenvalue weighted by Gasteiger charge is -2.14. The number of amides is 1. The molecule has 74 valence electrons. The third-order valence-corrected chi connectivity index (χ3v) is 2.46. The molecule has 0 saturated carbocycles. The number of nitrogens with one attached hydrogen (secondary N) is 1. The van der Waals surface area contributed by atoms with Crippen molar-refractivity contribution < 1.29 is 14.3 Å². The number of hydrogen-bond acceptors (Lipinski definition) is 3. The van der Waals surface area contributed by atoms with Crippen molar-refractivity contribution in [2.24, 2.45) is 5.92 Å². The van der Waals surface area contributed by atoms with Crippen LogP contribution >= 0.6 is 0 Å². The number of carbonyl (C=O) groups excluding carboxylic acids is 2. The van der Waals surface area contributed by atoms with E-state index in [0.717, 1.165) is 6.42 Å². The van der Waals surface area contributed by atoms with Crippen LogP contribution in [0, 0.1) is 5.92 Å². The van der Waals surface area contributed by atoms with Gasteiger partial charge in [0.15, 0.2) is 0 Å². The van der Waals surface area contributed by atoms with Gasteiger partial charge >= 0.3 is 5.97 Å². The number of carbonyl (C=O) groups is 2. The number of rotatable bonds is 3. The molecule has 1 aliphatic rings. The second-order valence-corrected chi connectivity index (χ2v) is 3.33. The highest BCUT2D eigenvalue weighted by molar-refractivity contribution is 5.80. The fourth-order valence-corrected chi connectivity index (χ4v) is 1.71. The average Bonchev–Trinajstić information content (AvgIpc) is 2.46. The second-order valence-electron chi connectivity index (χ2n) is 3.33. The molecule has 1 saturated heterocycles. The van der Waals surface area contributed by atoms with Gasteiger partial charge in [0.1, 0.15) is 0 Å². The van der Waals surface area contributed by atoms with Gasteiger partial charge in [-0.25, -0.2) is 0 Å². The molecule has 0 unspecified atom stereocenters. The quantitative estimate of drug-likeness (QED) is 0.650. The first-order chi connectivity index (χ1) is 6.17. The van der Waals surface area contributed by atoms with Crippen molar-refractivity contribution in [2.75, 3.05) is 7.11 Å². The van der Waals surface area contributed by atoms with Gasteiger partial charge in [-0.05, 0) is 12.3 Å². The number of methoxy groups -OCH3 is 1. The molecule has 0 spiro atoms. The van der Waals surface area contributed by atoms with Crippen LogP contribution in [0.1, 0.15) is 26.2 Å². The summed E-state index contributed by atoms with van der Waals surface area (Å²) in [5.74, 6) is -0.0781. The highest BCUT2D eigenvalue weighted by Gasteiger charge is 2.32. The van der Waals surface area contributed by atoms with Gasteiger partial charge in [0.25, 0.3) is 0 Å². The SMILES string of the molecule is CC[C@@H]1NC(=O)C[C@@H]1CC(=O)OC. The van der Waals surface area contributed by atoms with Crippen LogP contribution in [0.5, 0.6) is 0 Å². The lowest BCUT2D eigenvalue weighted by molar-refractivity contribution is -0.141. The minimum Gasteiger partial charge on any atom is -0.469 e. The zero-order valence-electron chi connectivity index (χ0n) is 8.00. The van der Waals surface area contributed by atoms with Crippen molar-refractivity contribution in [1.82, 2.24) is 5.32 Å². The highest BCUT2D eigenvalue weighted by Crippen LogP contribution is 2.22. The van der Waals surface area contributed by atoms with Crippen LogP contribution in [0.2, 0.25) is 0 Å². The Labute approximate surface area is 77.6 Å². The van der Waals surface area contributed by atoms with Gasteiger partial charge in [-0.2, -0.15) is 0 Å². The zero-order chi connectivity index (χ0) is 9.84. The first-order valence-electron chi connectivity index (χ1n) is 4.53. The van der Waals surface area contributed by atoms with Gasteiger partial charge in [0, 0.05) is 12.5 Å².